The Bertz CT molecular complexity index is 592. The van der Waals surface area contributed by atoms with Crippen LogP contribution in [0, 0.1) is 34.5 Å². The van der Waals surface area contributed by atoms with Crippen LogP contribution in [0.2, 0.25) is 0 Å². The van der Waals surface area contributed by atoms with Crippen molar-refractivity contribution in [1.82, 2.24) is 0 Å². The minimum absolute atomic E-state index is 0.0190. The van der Waals surface area contributed by atoms with E-state index in [9.17, 15) is 20.1 Å². The third-order valence-electron chi connectivity index (χ3n) is 7.60. The maximum Gasteiger partial charge on any atom is 0.159 e. The molecule has 0 aromatic rings. The van der Waals surface area contributed by atoms with E-state index in [0.29, 0.717) is 0 Å². The second kappa shape index (κ2) is 5.52. The summed E-state index contributed by atoms with van der Waals surface area (Å²) in [5.41, 5.74) is -0.322. The molecule has 3 rings (SSSR count). The molecule has 4 nitrogen and oxygen atoms in total. The number of hydrogen-bond acceptors (Lipinski definition) is 4. The molecule has 2 saturated carbocycles. The number of carbonyl (C=O) groups is 1. The van der Waals surface area contributed by atoms with Crippen molar-refractivity contribution in [2.75, 3.05) is 0 Å². The molecular weight excluding hydrogens is 304 g/mol. The van der Waals surface area contributed by atoms with Gasteiger partial charge in [0.05, 0.1) is 12.2 Å². The summed E-state index contributed by atoms with van der Waals surface area (Å²) in [7, 11) is 0. The molecule has 0 aromatic heterocycles. The van der Waals surface area contributed by atoms with Gasteiger partial charge in [-0.2, -0.15) is 0 Å². The largest absolute Gasteiger partial charge is 0.390 e. The van der Waals surface area contributed by atoms with Crippen molar-refractivity contribution >= 4 is 5.78 Å². The van der Waals surface area contributed by atoms with E-state index in [-0.39, 0.29) is 29.5 Å². The predicted octanol–water partition coefficient (Wildman–Crippen LogP) is 2.09. The van der Waals surface area contributed by atoms with Crippen LogP contribution in [0.5, 0.6) is 0 Å². The van der Waals surface area contributed by atoms with Crippen LogP contribution in [-0.4, -0.2) is 39.4 Å². The third kappa shape index (κ3) is 2.06. The molecule has 0 radical (unpaired) electrons. The van der Waals surface area contributed by atoms with Gasteiger partial charge >= 0.3 is 0 Å². The third-order valence-corrected chi connectivity index (χ3v) is 7.60. The molecule has 3 aliphatic carbocycles. The molecule has 4 heteroatoms. The zero-order valence-electron chi connectivity index (χ0n) is 15.1. The minimum atomic E-state index is -1.23. The lowest BCUT2D eigenvalue weighted by atomic mass is 9.42. The van der Waals surface area contributed by atoms with Crippen LogP contribution in [-0.2, 0) is 4.79 Å². The number of allylic oxidation sites excluding steroid dienone is 3. The average Bonchev–Trinajstić information content (AvgIpc) is 2.54. The summed E-state index contributed by atoms with van der Waals surface area (Å²) >= 11 is 0. The summed E-state index contributed by atoms with van der Waals surface area (Å²) in [5, 5.41) is 31.9. The van der Waals surface area contributed by atoms with Gasteiger partial charge in [-0.3, -0.25) is 4.79 Å². The Morgan fingerprint density at radius 3 is 2.38 bits per heavy atom. The number of rotatable bonds is 1. The first-order chi connectivity index (χ1) is 11.1. The van der Waals surface area contributed by atoms with Crippen LogP contribution in [0.15, 0.2) is 24.3 Å². The van der Waals surface area contributed by atoms with Crippen molar-refractivity contribution in [2.45, 2.75) is 58.8 Å². The van der Waals surface area contributed by atoms with Gasteiger partial charge in [0.2, 0.25) is 0 Å². The number of aliphatic hydroxyl groups excluding tert-OH is 3. The molecule has 0 spiro atoms. The van der Waals surface area contributed by atoms with Gasteiger partial charge in [0, 0.05) is 11.3 Å². The Balaban J connectivity index is 2.13. The van der Waals surface area contributed by atoms with E-state index in [1.54, 1.807) is 12.2 Å². The molecule has 0 unspecified atom stereocenters. The highest BCUT2D eigenvalue weighted by molar-refractivity contribution is 5.95. The first kappa shape index (κ1) is 17.8. The number of carbonyl (C=O) groups excluding carboxylic acids is 1. The smallest absolute Gasteiger partial charge is 0.159 e. The van der Waals surface area contributed by atoms with Crippen molar-refractivity contribution in [3.05, 3.63) is 24.3 Å². The first-order valence-corrected chi connectivity index (χ1v) is 9.00. The molecule has 134 valence electrons. The molecule has 0 aromatic carbocycles. The standard InChI is InChI=1S/C20H30O4/c1-6-11-9-13(21)15-12(10(11)2)7-8-14-19(3,4)17(23)16(22)18(24)20(14,15)5/h6,9-10,12,14-18,22-24H,1,7-8H2,2-5H3/t10-,12+,14+,15-,16-,17+,18-,20+/m1/s1. The number of hydrogen-bond donors (Lipinski definition) is 3. The molecular formula is C20H30O4. The SMILES string of the molecule is C=CC1=CC(=O)[C@H]2[C@@H](CC[C@H]3C(C)(C)[C@@H](O)[C@@H](O)[C@@H](O)[C@]23C)[C@@H]1C. The van der Waals surface area contributed by atoms with Crippen LogP contribution in [0.25, 0.3) is 0 Å². The summed E-state index contributed by atoms with van der Waals surface area (Å²) in [6.07, 6.45) is 1.84. The van der Waals surface area contributed by atoms with Crippen molar-refractivity contribution in [2.24, 2.45) is 34.5 Å². The van der Waals surface area contributed by atoms with E-state index in [1.807, 2.05) is 20.8 Å². The Kier molecular flexibility index (Phi) is 4.10. The fourth-order valence-electron chi connectivity index (χ4n) is 6.20. The Hall–Kier alpha value is -0.970. The Morgan fingerprint density at radius 1 is 1.17 bits per heavy atom. The molecule has 0 amide bonds. The van der Waals surface area contributed by atoms with E-state index >= 15 is 0 Å². The predicted molar refractivity (Wildman–Crippen MR) is 92.1 cm³/mol. The summed E-state index contributed by atoms with van der Waals surface area (Å²) in [6.45, 7) is 11.8. The molecule has 24 heavy (non-hydrogen) atoms. The second-order valence-corrected chi connectivity index (χ2v) is 8.88. The zero-order chi connectivity index (χ0) is 18.0. The average molecular weight is 334 g/mol. The van der Waals surface area contributed by atoms with Crippen molar-refractivity contribution in [3.8, 4) is 0 Å². The van der Waals surface area contributed by atoms with Crippen LogP contribution in [0.1, 0.15) is 40.5 Å². The van der Waals surface area contributed by atoms with Gasteiger partial charge in [-0.15, -0.1) is 0 Å². The van der Waals surface area contributed by atoms with Gasteiger partial charge in [-0.05, 0) is 47.7 Å². The highest BCUT2D eigenvalue weighted by Crippen LogP contribution is 2.63. The number of aliphatic hydroxyl groups is 3. The lowest BCUT2D eigenvalue weighted by Crippen LogP contribution is -2.69. The van der Waals surface area contributed by atoms with E-state index in [4.69, 9.17) is 0 Å². The Labute approximate surface area is 144 Å². The van der Waals surface area contributed by atoms with E-state index in [0.717, 1.165) is 18.4 Å². The molecule has 0 saturated heterocycles. The van der Waals surface area contributed by atoms with Gasteiger partial charge < -0.3 is 15.3 Å². The van der Waals surface area contributed by atoms with Crippen molar-refractivity contribution < 1.29 is 20.1 Å². The van der Waals surface area contributed by atoms with E-state index in [1.165, 1.54) is 0 Å². The summed E-state index contributed by atoms with van der Waals surface area (Å²) in [6, 6.07) is 0. The van der Waals surface area contributed by atoms with Crippen molar-refractivity contribution in [3.63, 3.8) is 0 Å². The highest BCUT2D eigenvalue weighted by Gasteiger charge is 2.66. The van der Waals surface area contributed by atoms with Crippen LogP contribution in [0.3, 0.4) is 0 Å². The topological polar surface area (TPSA) is 77.8 Å². The maximum atomic E-state index is 13.0. The van der Waals surface area contributed by atoms with Crippen LogP contribution < -0.4 is 0 Å². The molecule has 0 heterocycles. The van der Waals surface area contributed by atoms with Gasteiger partial charge in [0.1, 0.15) is 6.10 Å². The van der Waals surface area contributed by atoms with E-state index < -0.39 is 29.1 Å². The number of ketones is 1. The highest BCUT2D eigenvalue weighted by atomic mass is 16.4. The molecule has 3 aliphatic rings. The first-order valence-electron chi connectivity index (χ1n) is 9.00. The molecule has 8 atom stereocenters. The molecule has 3 N–H and O–H groups in total. The summed E-state index contributed by atoms with van der Waals surface area (Å²) in [4.78, 5) is 13.0. The summed E-state index contributed by atoms with van der Waals surface area (Å²) in [5.74, 6) is 0.0337. The lowest BCUT2D eigenvalue weighted by Gasteiger charge is -2.64. The normalized spacial score (nSPS) is 50.5. The Morgan fingerprint density at radius 2 is 1.79 bits per heavy atom. The number of fused-ring (bicyclic) bond motifs is 3. The fraction of sp³-hybridized carbons (Fsp3) is 0.750. The van der Waals surface area contributed by atoms with Crippen LogP contribution in [0.4, 0.5) is 0 Å². The summed E-state index contributed by atoms with van der Waals surface area (Å²) < 4.78 is 0. The maximum absolute atomic E-state index is 13.0. The fourth-order valence-corrected chi connectivity index (χ4v) is 6.20. The van der Waals surface area contributed by atoms with E-state index in [2.05, 4.69) is 13.5 Å². The zero-order valence-corrected chi connectivity index (χ0v) is 15.1. The van der Waals surface area contributed by atoms with Crippen molar-refractivity contribution in [1.29, 1.82) is 0 Å². The monoisotopic (exact) mass is 334 g/mol. The van der Waals surface area contributed by atoms with Gasteiger partial charge in [0.25, 0.3) is 0 Å². The van der Waals surface area contributed by atoms with Gasteiger partial charge in [0.15, 0.2) is 5.78 Å². The quantitative estimate of drug-likeness (QED) is 0.686. The van der Waals surface area contributed by atoms with Gasteiger partial charge in [-0.25, -0.2) is 0 Å². The lowest BCUT2D eigenvalue weighted by molar-refractivity contribution is -0.253. The van der Waals surface area contributed by atoms with Gasteiger partial charge in [-0.1, -0.05) is 40.3 Å². The second-order valence-electron chi connectivity index (χ2n) is 8.88. The molecule has 2 fully saturated rings. The van der Waals surface area contributed by atoms with Crippen LogP contribution >= 0.6 is 0 Å². The molecule has 0 aliphatic heterocycles. The minimum Gasteiger partial charge on any atom is -0.390 e. The molecule has 0 bridgehead atoms.